The van der Waals surface area contributed by atoms with Crippen molar-refractivity contribution in [2.75, 3.05) is 5.75 Å². The molecule has 0 unspecified atom stereocenters. The zero-order chi connectivity index (χ0) is 13.7. The van der Waals surface area contributed by atoms with Crippen molar-refractivity contribution in [1.82, 2.24) is 9.36 Å². The molecule has 100 valence electrons. The zero-order valence-electron chi connectivity index (χ0n) is 10.4. The van der Waals surface area contributed by atoms with Gasteiger partial charge in [0.05, 0.1) is 6.42 Å². The molecule has 1 aromatic heterocycles. The zero-order valence-corrected chi connectivity index (χ0v) is 12.8. The van der Waals surface area contributed by atoms with Crippen LogP contribution in [0.4, 0.5) is 0 Å². The second-order valence-electron chi connectivity index (χ2n) is 3.92. The Balaban J connectivity index is 1.91. The predicted octanol–water partition coefficient (Wildman–Crippen LogP) is 3.66. The van der Waals surface area contributed by atoms with Gasteiger partial charge in [0.2, 0.25) is 0 Å². The third-order valence-electron chi connectivity index (χ3n) is 2.39. The first-order valence-corrected chi connectivity index (χ1v) is 8.02. The molecule has 0 saturated carbocycles. The van der Waals surface area contributed by atoms with E-state index in [4.69, 9.17) is 11.6 Å². The minimum atomic E-state index is 0.145. The first-order chi connectivity index (χ1) is 9.17. The number of aromatic nitrogens is 2. The molecule has 0 radical (unpaired) electrons. The highest BCUT2D eigenvalue weighted by molar-refractivity contribution is 7.99. The van der Waals surface area contributed by atoms with Crippen LogP contribution in [0, 0.1) is 0 Å². The number of ketones is 1. The van der Waals surface area contributed by atoms with E-state index in [1.165, 1.54) is 11.5 Å². The van der Waals surface area contributed by atoms with E-state index in [0.717, 1.165) is 21.5 Å². The van der Waals surface area contributed by atoms with Gasteiger partial charge in [0.1, 0.15) is 10.8 Å². The fourth-order valence-electron chi connectivity index (χ4n) is 1.56. The molecule has 2 aromatic rings. The molecule has 0 aliphatic heterocycles. The number of nitrogens with zero attached hydrogens (tertiary/aromatic N) is 2. The highest BCUT2D eigenvalue weighted by atomic mass is 35.5. The van der Waals surface area contributed by atoms with Gasteiger partial charge in [-0.05, 0) is 35.0 Å². The summed E-state index contributed by atoms with van der Waals surface area (Å²) in [6, 6.07) is 7.34. The molecule has 19 heavy (non-hydrogen) atoms. The van der Waals surface area contributed by atoms with Crippen LogP contribution in [0.2, 0.25) is 5.02 Å². The van der Waals surface area contributed by atoms with Crippen molar-refractivity contribution < 1.29 is 4.79 Å². The topological polar surface area (TPSA) is 42.9 Å². The highest BCUT2D eigenvalue weighted by Crippen LogP contribution is 2.17. The molecule has 0 aliphatic carbocycles. The van der Waals surface area contributed by atoms with Crippen LogP contribution >= 0.6 is 34.9 Å². The molecule has 0 N–H and O–H groups in total. The number of thioether (sulfide) groups is 1. The summed E-state index contributed by atoms with van der Waals surface area (Å²) in [7, 11) is 0. The van der Waals surface area contributed by atoms with Crippen LogP contribution in [-0.4, -0.2) is 20.9 Å². The molecule has 6 heteroatoms. The Morgan fingerprint density at radius 1 is 1.32 bits per heavy atom. The van der Waals surface area contributed by atoms with E-state index in [9.17, 15) is 4.79 Å². The van der Waals surface area contributed by atoms with Gasteiger partial charge in [0.15, 0.2) is 5.16 Å². The summed E-state index contributed by atoms with van der Waals surface area (Å²) < 4.78 is 4.20. The van der Waals surface area contributed by atoms with Crippen molar-refractivity contribution >= 4 is 40.7 Å². The lowest BCUT2D eigenvalue weighted by Crippen LogP contribution is -2.06. The smallest absolute Gasteiger partial charge is 0.200 e. The van der Waals surface area contributed by atoms with Crippen LogP contribution in [0.25, 0.3) is 0 Å². The summed E-state index contributed by atoms with van der Waals surface area (Å²) >= 11 is 8.70. The molecule has 1 heterocycles. The third kappa shape index (κ3) is 4.60. The van der Waals surface area contributed by atoms with Gasteiger partial charge in [0, 0.05) is 11.4 Å². The van der Waals surface area contributed by atoms with Gasteiger partial charge >= 0.3 is 0 Å². The van der Waals surface area contributed by atoms with E-state index in [1.807, 2.05) is 12.1 Å². The number of carbonyl (C=O) groups excluding carboxylic acids is 1. The lowest BCUT2D eigenvalue weighted by Gasteiger charge is -1.99. The summed E-state index contributed by atoms with van der Waals surface area (Å²) in [5.74, 6) is 1.08. The summed E-state index contributed by atoms with van der Waals surface area (Å²) in [6.07, 6.45) is 0.761. The molecule has 0 bridgehead atoms. The normalized spacial score (nSPS) is 10.6. The monoisotopic (exact) mass is 312 g/mol. The van der Waals surface area contributed by atoms with E-state index >= 15 is 0 Å². The van der Waals surface area contributed by atoms with E-state index in [-0.39, 0.29) is 5.78 Å². The molecule has 0 spiro atoms. The molecular weight excluding hydrogens is 300 g/mol. The maximum Gasteiger partial charge on any atom is 0.200 e. The highest BCUT2D eigenvalue weighted by Gasteiger charge is 2.10. The molecule has 1 aromatic carbocycles. The lowest BCUT2D eigenvalue weighted by atomic mass is 10.1. The Labute approximate surface area is 125 Å². The van der Waals surface area contributed by atoms with Gasteiger partial charge in [0.25, 0.3) is 0 Å². The lowest BCUT2D eigenvalue weighted by molar-refractivity contribution is -0.117. The maximum absolute atomic E-state index is 11.9. The number of Topliss-reactive ketones (excluding diaryl/α,β-unsaturated/α-hetero) is 1. The third-order valence-corrected chi connectivity index (χ3v) is 4.19. The van der Waals surface area contributed by atoms with Gasteiger partial charge in [-0.3, -0.25) is 4.79 Å². The predicted molar refractivity (Wildman–Crippen MR) is 80.2 cm³/mol. The maximum atomic E-state index is 11.9. The molecule has 2 rings (SSSR count). The summed E-state index contributed by atoms with van der Waals surface area (Å²) in [5, 5.41) is 2.23. The standard InChI is InChI=1S/C13H13ClN2OS2/c1-2-18-13-15-12(19-16-13)8-11(17)7-9-3-5-10(14)6-4-9/h3-6H,2,7-8H2,1H3. The fraction of sp³-hybridized carbons (Fsp3) is 0.308. The summed E-state index contributed by atoms with van der Waals surface area (Å²) in [5.41, 5.74) is 0.974. The van der Waals surface area contributed by atoms with Crippen LogP contribution in [-0.2, 0) is 17.6 Å². The van der Waals surface area contributed by atoms with Gasteiger partial charge in [-0.2, -0.15) is 4.37 Å². The molecule has 0 atom stereocenters. The van der Waals surface area contributed by atoms with Crippen LogP contribution in [0.3, 0.4) is 0 Å². The van der Waals surface area contributed by atoms with Gasteiger partial charge in [-0.15, -0.1) is 0 Å². The van der Waals surface area contributed by atoms with Crippen LogP contribution in [0.1, 0.15) is 17.5 Å². The molecule has 0 saturated heterocycles. The van der Waals surface area contributed by atoms with E-state index in [2.05, 4.69) is 16.3 Å². The van der Waals surface area contributed by atoms with Crippen LogP contribution in [0.5, 0.6) is 0 Å². The quantitative estimate of drug-likeness (QED) is 0.763. The Bertz CT molecular complexity index is 554. The number of halogens is 1. The molecule has 0 amide bonds. The summed E-state index contributed by atoms with van der Waals surface area (Å²) in [6.45, 7) is 2.05. The van der Waals surface area contributed by atoms with Gasteiger partial charge in [-0.25, -0.2) is 4.98 Å². The minimum Gasteiger partial charge on any atom is -0.299 e. The van der Waals surface area contributed by atoms with Crippen molar-refractivity contribution in [3.8, 4) is 0 Å². The molecule has 0 fully saturated rings. The Morgan fingerprint density at radius 3 is 2.74 bits per heavy atom. The number of rotatable bonds is 6. The van der Waals surface area contributed by atoms with Crippen LogP contribution < -0.4 is 0 Å². The van der Waals surface area contributed by atoms with Crippen molar-refractivity contribution in [3.05, 3.63) is 39.9 Å². The first kappa shape index (κ1) is 14.5. The second-order valence-corrected chi connectivity index (χ2v) is 6.43. The molecule has 3 nitrogen and oxygen atoms in total. The number of carbonyl (C=O) groups is 1. The number of hydrogen-bond acceptors (Lipinski definition) is 5. The van der Waals surface area contributed by atoms with Crippen molar-refractivity contribution in [2.24, 2.45) is 0 Å². The Morgan fingerprint density at radius 2 is 2.05 bits per heavy atom. The number of hydrogen-bond donors (Lipinski definition) is 0. The molecule has 0 aliphatic rings. The fourth-order valence-corrected chi connectivity index (χ4v) is 3.08. The van der Waals surface area contributed by atoms with Crippen molar-refractivity contribution in [1.29, 1.82) is 0 Å². The largest absolute Gasteiger partial charge is 0.299 e. The summed E-state index contributed by atoms with van der Waals surface area (Å²) in [4.78, 5) is 16.3. The average molecular weight is 313 g/mol. The SMILES string of the molecule is CCSc1nsc(CC(=O)Cc2ccc(Cl)cc2)n1. The van der Waals surface area contributed by atoms with Crippen LogP contribution in [0.15, 0.2) is 29.4 Å². The van der Waals surface area contributed by atoms with Crippen molar-refractivity contribution in [3.63, 3.8) is 0 Å². The Kier molecular flexibility index (Phi) is 5.36. The van der Waals surface area contributed by atoms with Gasteiger partial charge < -0.3 is 0 Å². The van der Waals surface area contributed by atoms with Gasteiger partial charge in [-0.1, -0.05) is 42.4 Å². The second kappa shape index (κ2) is 7.03. The van der Waals surface area contributed by atoms with E-state index < -0.39 is 0 Å². The Hall–Kier alpha value is -0.910. The number of benzene rings is 1. The first-order valence-electron chi connectivity index (χ1n) is 5.89. The minimum absolute atomic E-state index is 0.145. The van der Waals surface area contributed by atoms with E-state index in [0.29, 0.717) is 17.9 Å². The van der Waals surface area contributed by atoms with Crippen molar-refractivity contribution in [2.45, 2.75) is 24.9 Å². The molecular formula is C13H13ClN2OS2. The van der Waals surface area contributed by atoms with E-state index in [1.54, 1.807) is 23.9 Å². The average Bonchev–Trinajstić information content (AvgIpc) is 2.80.